The molecule has 0 aromatic heterocycles. The van der Waals surface area contributed by atoms with Crippen molar-refractivity contribution in [3.63, 3.8) is 0 Å². The molecule has 0 aliphatic rings. The number of hydrogen-bond donors (Lipinski definition) is 0. The molecular formula is C22H20O3. The maximum absolute atomic E-state index is 11.9. The van der Waals surface area contributed by atoms with Crippen LogP contribution < -0.4 is 4.74 Å². The second kappa shape index (κ2) is 8.69. The van der Waals surface area contributed by atoms with Crippen molar-refractivity contribution in [3.05, 3.63) is 102 Å². The number of carbonyl (C=O) groups is 1. The first kappa shape index (κ1) is 16.8. The molecule has 0 saturated carbocycles. The first-order valence-electron chi connectivity index (χ1n) is 8.30. The average Bonchev–Trinajstić information content (AvgIpc) is 2.68. The average molecular weight is 332 g/mol. The van der Waals surface area contributed by atoms with Crippen molar-refractivity contribution >= 4 is 5.97 Å². The number of rotatable bonds is 7. The second-order valence-electron chi connectivity index (χ2n) is 5.65. The van der Waals surface area contributed by atoms with Gasteiger partial charge >= 0.3 is 5.97 Å². The molecule has 0 heterocycles. The van der Waals surface area contributed by atoms with Crippen LogP contribution in [0.15, 0.2) is 84.9 Å². The lowest BCUT2D eigenvalue weighted by molar-refractivity contribution is 0.0151. The highest BCUT2D eigenvalue weighted by molar-refractivity contribution is 5.89. The Kier molecular flexibility index (Phi) is 5.83. The van der Waals surface area contributed by atoms with E-state index in [0.29, 0.717) is 5.56 Å². The van der Waals surface area contributed by atoms with Crippen molar-refractivity contribution in [2.24, 2.45) is 0 Å². The zero-order chi connectivity index (χ0) is 17.3. The molecule has 25 heavy (non-hydrogen) atoms. The van der Waals surface area contributed by atoms with E-state index < -0.39 is 0 Å². The third-order valence-electron chi connectivity index (χ3n) is 3.91. The van der Waals surface area contributed by atoms with Crippen LogP contribution in [0.1, 0.15) is 21.5 Å². The fourth-order valence-electron chi connectivity index (χ4n) is 2.58. The minimum Gasteiger partial charge on any atom is -0.457 e. The number of carbonyl (C=O) groups excluding carboxylic acids is 1. The van der Waals surface area contributed by atoms with E-state index in [4.69, 9.17) is 9.47 Å². The van der Waals surface area contributed by atoms with Gasteiger partial charge in [-0.3, -0.25) is 0 Å². The number of hydrogen-bond acceptors (Lipinski definition) is 3. The molecule has 3 heteroatoms. The van der Waals surface area contributed by atoms with Gasteiger partial charge in [0.15, 0.2) is 0 Å². The van der Waals surface area contributed by atoms with E-state index in [-0.39, 0.29) is 12.8 Å². The molecule has 0 amide bonds. The van der Waals surface area contributed by atoms with Crippen molar-refractivity contribution < 1.29 is 14.3 Å². The lowest BCUT2D eigenvalue weighted by Gasteiger charge is -2.12. The van der Waals surface area contributed by atoms with Crippen LogP contribution in [0.2, 0.25) is 0 Å². The van der Waals surface area contributed by atoms with Crippen LogP contribution >= 0.6 is 0 Å². The zero-order valence-corrected chi connectivity index (χ0v) is 13.9. The fraction of sp³-hybridized carbons (Fsp3) is 0.136. The van der Waals surface area contributed by atoms with Crippen molar-refractivity contribution in [2.45, 2.75) is 12.8 Å². The largest absolute Gasteiger partial charge is 0.457 e. The van der Waals surface area contributed by atoms with Crippen molar-refractivity contribution in [3.8, 4) is 5.75 Å². The van der Waals surface area contributed by atoms with Crippen molar-refractivity contribution in [1.29, 1.82) is 0 Å². The van der Waals surface area contributed by atoms with E-state index in [9.17, 15) is 4.79 Å². The summed E-state index contributed by atoms with van der Waals surface area (Å²) in [5, 5.41) is 0. The number of aryl methyl sites for hydroxylation is 2. The SMILES string of the molecule is O=C(OCOc1ccccc1CCc1ccccc1)c1ccccc1. The molecule has 3 aromatic carbocycles. The summed E-state index contributed by atoms with van der Waals surface area (Å²) < 4.78 is 10.9. The molecule has 0 aliphatic carbocycles. The van der Waals surface area contributed by atoms with Crippen LogP contribution in [-0.4, -0.2) is 12.8 Å². The monoisotopic (exact) mass is 332 g/mol. The Hall–Kier alpha value is -3.07. The smallest absolute Gasteiger partial charge is 0.340 e. The molecule has 0 atom stereocenters. The number of benzene rings is 3. The van der Waals surface area contributed by atoms with E-state index in [0.717, 1.165) is 24.2 Å². The van der Waals surface area contributed by atoms with E-state index in [1.807, 2.05) is 48.5 Å². The third kappa shape index (κ3) is 4.95. The molecule has 3 nitrogen and oxygen atoms in total. The van der Waals surface area contributed by atoms with E-state index in [2.05, 4.69) is 12.1 Å². The van der Waals surface area contributed by atoms with Crippen molar-refractivity contribution in [1.82, 2.24) is 0 Å². The molecule has 0 unspecified atom stereocenters. The maximum atomic E-state index is 11.9. The summed E-state index contributed by atoms with van der Waals surface area (Å²) in [6, 6.07) is 27.1. The van der Waals surface area contributed by atoms with Gasteiger partial charge in [0.1, 0.15) is 5.75 Å². The quantitative estimate of drug-likeness (QED) is 0.466. The molecule has 0 N–H and O–H groups in total. The minimum absolute atomic E-state index is 0.101. The standard InChI is InChI=1S/C22H20O3/c23-22(20-12-5-2-6-13-20)25-17-24-21-14-8-7-11-19(21)16-15-18-9-3-1-4-10-18/h1-14H,15-17H2. The Morgan fingerprint density at radius 1 is 0.720 bits per heavy atom. The molecule has 0 saturated heterocycles. The summed E-state index contributed by atoms with van der Waals surface area (Å²) in [6.45, 7) is -0.101. The van der Waals surface area contributed by atoms with Gasteiger partial charge in [0.05, 0.1) is 5.56 Å². The Balaban J connectivity index is 1.55. The van der Waals surface area contributed by atoms with Gasteiger partial charge < -0.3 is 9.47 Å². The summed E-state index contributed by atoms with van der Waals surface area (Å²) in [6.07, 6.45) is 1.80. The van der Waals surface area contributed by atoms with Crippen LogP contribution in [-0.2, 0) is 17.6 Å². The summed E-state index contributed by atoms with van der Waals surface area (Å²) in [7, 11) is 0. The van der Waals surface area contributed by atoms with Gasteiger partial charge in [-0.25, -0.2) is 4.79 Å². The number of para-hydroxylation sites is 1. The van der Waals surface area contributed by atoms with E-state index in [1.54, 1.807) is 24.3 Å². The van der Waals surface area contributed by atoms with Gasteiger partial charge in [-0.15, -0.1) is 0 Å². The second-order valence-corrected chi connectivity index (χ2v) is 5.65. The molecule has 0 aliphatic heterocycles. The third-order valence-corrected chi connectivity index (χ3v) is 3.91. The number of esters is 1. The highest BCUT2D eigenvalue weighted by Gasteiger charge is 2.08. The van der Waals surface area contributed by atoms with Crippen LogP contribution in [0.3, 0.4) is 0 Å². The van der Waals surface area contributed by atoms with Gasteiger partial charge in [-0.05, 0) is 42.2 Å². The summed E-state index contributed by atoms with van der Waals surface area (Å²) in [4.78, 5) is 11.9. The molecule has 3 aromatic rings. The molecule has 0 radical (unpaired) electrons. The predicted octanol–water partition coefficient (Wildman–Crippen LogP) is 4.67. The minimum atomic E-state index is -0.387. The Labute approximate surface area is 147 Å². The summed E-state index contributed by atoms with van der Waals surface area (Å²) >= 11 is 0. The maximum Gasteiger partial charge on any atom is 0.340 e. The van der Waals surface area contributed by atoms with Gasteiger partial charge in [0, 0.05) is 0 Å². The Bertz CT molecular complexity index is 798. The van der Waals surface area contributed by atoms with Crippen molar-refractivity contribution in [2.75, 3.05) is 6.79 Å². The molecule has 0 bridgehead atoms. The molecule has 126 valence electrons. The van der Waals surface area contributed by atoms with Gasteiger partial charge in [-0.2, -0.15) is 0 Å². The lowest BCUT2D eigenvalue weighted by atomic mass is 10.0. The molecule has 0 spiro atoms. The first-order valence-corrected chi connectivity index (χ1v) is 8.30. The summed E-state index contributed by atoms with van der Waals surface area (Å²) in [5.41, 5.74) is 2.90. The van der Waals surface area contributed by atoms with Crippen LogP contribution in [0.4, 0.5) is 0 Å². The number of ether oxygens (including phenoxy) is 2. The normalized spacial score (nSPS) is 10.2. The lowest BCUT2D eigenvalue weighted by Crippen LogP contribution is -2.11. The first-order chi connectivity index (χ1) is 12.3. The molecule has 0 fully saturated rings. The van der Waals surface area contributed by atoms with E-state index >= 15 is 0 Å². The fourth-order valence-corrected chi connectivity index (χ4v) is 2.58. The van der Waals surface area contributed by atoms with Gasteiger partial charge in [0.2, 0.25) is 6.79 Å². The van der Waals surface area contributed by atoms with Gasteiger partial charge in [0.25, 0.3) is 0 Å². The molecule has 3 rings (SSSR count). The summed E-state index contributed by atoms with van der Waals surface area (Å²) in [5.74, 6) is 0.363. The van der Waals surface area contributed by atoms with Gasteiger partial charge in [-0.1, -0.05) is 66.7 Å². The van der Waals surface area contributed by atoms with Crippen LogP contribution in [0, 0.1) is 0 Å². The van der Waals surface area contributed by atoms with Crippen LogP contribution in [0.5, 0.6) is 5.75 Å². The topological polar surface area (TPSA) is 35.5 Å². The molecular weight excluding hydrogens is 312 g/mol. The zero-order valence-electron chi connectivity index (χ0n) is 13.9. The van der Waals surface area contributed by atoms with Crippen LogP contribution in [0.25, 0.3) is 0 Å². The predicted molar refractivity (Wildman–Crippen MR) is 97.6 cm³/mol. The Morgan fingerprint density at radius 2 is 1.36 bits per heavy atom. The van der Waals surface area contributed by atoms with E-state index in [1.165, 1.54) is 5.56 Å². The Morgan fingerprint density at radius 3 is 2.12 bits per heavy atom. The highest BCUT2D eigenvalue weighted by atomic mass is 16.7. The highest BCUT2D eigenvalue weighted by Crippen LogP contribution is 2.20.